The Balaban J connectivity index is 3.77. The molecule has 0 bridgehead atoms. The summed E-state index contributed by atoms with van der Waals surface area (Å²) in [6, 6.07) is 0.753. The lowest BCUT2D eigenvalue weighted by Gasteiger charge is -2.07. The van der Waals surface area contributed by atoms with Crippen molar-refractivity contribution >= 4 is 28.9 Å². The minimum atomic E-state index is -1.47. The van der Waals surface area contributed by atoms with Gasteiger partial charge in [0, 0.05) is 11.6 Å². The molecular weight excluding hydrogens is 280 g/mol. The van der Waals surface area contributed by atoms with Crippen LogP contribution in [0.15, 0.2) is 6.07 Å². The molecule has 1 aromatic carbocycles. The first-order valence-corrected chi connectivity index (χ1v) is 5.56. The lowest BCUT2D eigenvalue weighted by molar-refractivity contribution is -0.394. The molecule has 0 saturated heterocycles. The predicted octanol–water partition coefficient (Wildman–Crippen LogP) is 2.81. The quantitative estimate of drug-likeness (QED) is 0.656. The second-order valence-electron chi connectivity index (χ2n) is 3.65. The fraction of sp³-hybridized carbons (Fsp3) is 0.300. The maximum Gasteiger partial charge on any atom is 0.336 e. The number of hydrogen-bond donors (Lipinski definition) is 1. The molecule has 0 heterocycles. The summed E-state index contributed by atoms with van der Waals surface area (Å²) in [5.74, 6) is -1.47. The first-order chi connectivity index (χ1) is 8.81. The Morgan fingerprint density at radius 1 is 1.37 bits per heavy atom. The van der Waals surface area contributed by atoms with E-state index in [2.05, 4.69) is 0 Å². The highest BCUT2D eigenvalue weighted by atomic mass is 35.5. The molecule has 0 atom stereocenters. The Morgan fingerprint density at radius 3 is 2.32 bits per heavy atom. The van der Waals surface area contributed by atoms with Crippen LogP contribution in [0.3, 0.4) is 0 Å². The fourth-order valence-electron chi connectivity index (χ4n) is 1.69. The molecule has 0 fully saturated rings. The number of rotatable bonds is 5. The number of halogens is 1. The number of hydrogen-bond acceptors (Lipinski definition) is 5. The van der Waals surface area contributed by atoms with E-state index in [-0.39, 0.29) is 12.0 Å². The monoisotopic (exact) mass is 288 g/mol. The molecule has 0 aromatic heterocycles. The Kier molecular flexibility index (Phi) is 4.38. The zero-order valence-electron chi connectivity index (χ0n) is 9.75. The molecule has 1 rings (SSSR count). The van der Waals surface area contributed by atoms with Gasteiger partial charge in [0.15, 0.2) is 5.02 Å². The van der Waals surface area contributed by atoms with E-state index in [4.69, 9.17) is 16.7 Å². The zero-order valence-corrected chi connectivity index (χ0v) is 10.5. The molecule has 19 heavy (non-hydrogen) atoms. The Labute approximate surface area is 111 Å². The van der Waals surface area contributed by atoms with Gasteiger partial charge in [-0.05, 0) is 6.42 Å². The summed E-state index contributed by atoms with van der Waals surface area (Å²) < 4.78 is 0. The third kappa shape index (κ3) is 2.79. The van der Waals surface area contributed by atoms with Gasteiger partial charge in [-0.2, -0.15) is 0 Å². The molecule has 0 aliphatic carbocycles. The van der Waals surface area contributed by atoms with Crippen molar-refractivity contribution in [3.63, 3.8) is 0 Å². The van der Waals surface area contributed by atoms with E-state index in [0.29, 0.717) is 6.42 Å². The van der Waals surface area contributed by atoms with Gasteiger partial charge >= 0.3 is 5.97 Å². The topological polar surface area (TPSA) is 124 Å². The van der Waals surface area contributed by atoms with Crippen LogP contribution in [0.1, 0.15) is 29.3 Å². The third-order valence-electron chi connectivity index (χ3n) is 2.43. The molecule has 0 radical (unpaired) electrons. The van der Waals surface area contributed by atoms with Crippen molar-refractivity contribution in [2.24, 2.45) is 0 Å². The number of nitro benzene ring substituents is 2. The van der Waals surface area contributed by atoms with E-state index < -0.39 is 37.8 Å². The normalized spacial score (nSPS) is 10.2. The Morgan fingerprint density at radius 2 is 1.95 bits per heavy atom. The molecule has 8 nitrogen and oxygen atoms in total. The molecule has 1 aromatic rings. The van der Waals surface area contributed by atoms with Crippen LogP contribution in [0.4, 0.5) is 11.4 Å². The van der Waals surface area contributed by atoms with E-state index in [1.807, 2.05) is 0 Å². The average molecular weight is 289 g/mol. The number of carboxylic acid groups (broad SMARTS) is 1. The number of carbonyl (C=O) groups is 1. The Bertz CT molecular complexity index is 572. The molecule has 0 aliphatic rings. The van der Waals surface area contributed by atoms with Gasteiger partial charge in [0.25, 0.3) is 11.4 Å². The first-order valence-electron chi connectivity index (χ1n) is 5.18. The number of carboxylic acids is 1. The molecule has 0 spiro atoms. The molecule has 1 N–H and O–H groups in total. The first kappa shape index (κ1) is 14.8. The van der Waals surface area contributed by atoms with E-state index in [1.54, 1.807) is 6.92 Å². The Hall–Kier alpha value is -2.22. The molecular formula is C10H9ClN2O6. The van der Waals surface area contributed by atoms with Gasteiger partial charge in [-0.3, -0.25) is 20.2 Å². The van der Waals surface area contributed by atoms with Crippen molar-refractivity contribution in [1.82, 2.24) is 0 Å². The SMILES string of the molecule is CCCc1c(C(=O)O)cc([N+](=O)[O-])c(Cl)c1[N+](=O)[O-]. The highest BCUT2D eigenvalue weighted by molar-refractivity contribution is 6.35. The summed E-state index contributed by atoms with van der Waals surface area (Å²) in [5, 5.41) is 30.1. The van der Waals surface area contributed by atoms with E-state index in [9.17, 15) is 25.0 Å². The van der Waals surface area contributed by atoms with Gasteiger partial charge in [0.1, 0.15) is 0 Å². The van der Waals surface area contributed by atoms with Gasteiger partial charge in [0.05, 0.1) is 15.4 Å². The standard InChI is InChI=1S/C10H9ClN2O6/c1-2-3-5-6(10(14)15)4-7(12(16)17)8(11)9(5)13(18)19/h4H,2-3H2,1H3,(H,14,15). The van der Waals surface area contributed by atoms with E-state index in [1.165, 1.54) is 0 Å². The van der Waals surface area contributed by atoms with Crippen LogP contribution in [0, 0.1) is 20.2 Å². The molecule has 0 aliphatic heterocycles. The highest BCUT2D eigenvalue weighted by Gasteiger charge is 2.32. The van der Waals surface area contributed by atoms with Crippen LogP contribution in [0.25, 0.3) is 0 Å². The zero-order chi connectivity index (χ0) is 14.7. The molecule has 9 heteroatoms. The maximum atomic E-state index is 11.1. The van der Waals surface area contributed by atoms with Crippen LogP contribution >= 0.6 is 11.6 Å². The molecule has 102 valence electrons. The summed E-state index contributed by atoms with van der Waals surface area (Å²) in [5.41, 5.74) is -2.07. The van der Waals surface area contributed by atoms with Crippen molar-refractivity contribution in [1.29, 1.82) is 0 Å². The van der Waals surface area contributed by atoms with E-state index in [0.717, 1.165) is 6.07 Å². The summed E-state index contributed by atoms with van der Waals surface area (Å²) in [7, 11) is 0. The molecule has 0 unspecified atom stereocenters. The third-order valence-corrected chi connectivity index (χ3v) is 2.81. The van der Waals surface area contributed by atoms with Crippen LogP contribution in [0.2, 0.25) is 5.02 Å². The summed E-state index contributed by atoms with van der Waals surface area (Å²) in [6.45, 7) is 1.70. The van der Waals surface area contributed by atoms with Crippen LogP contribution in [-0.4, -0.2) is 20.9 Å². The molecule has 0 amide bonds. The minimum absolute atomic E-state index is 0.0929. The lowest BCUT2D eigenvalue weighted by atomic mass is 10.00. The van der Waals surface area contributed by atoms with Crippen molar-refractivity contribution in [3.05, 3.63) is 42.4 Å². The largest absolute Gasteiger partial charge is 0.478 e. The van der Waals surface area contributed by atoms with Gasteiger partial charge in [-0.15, -0.1) is 0 Å². The van der Waals surface area contributed by atoms with E-state index >= 15 is 0 Å². The number of aromatic carboxylic acids is 1. The van der Waals surface area contributed by atoms with Crippen molar-refractivity contribution in [2.45, 2.75) is 19.8 Å². The highest BCUT2D eigenvalue weighted by Crippen LogP contribution is 2.39. The van der Waals surface area contributed by atoms with Gasteiger partial charge in [-0.25, -0.2) is 4.79 Å². The number of nitrogens with zero attached hydrogens (tertiary/aromatic N) is 2. The smallest absolute Gasteiger partial charge is 0.336 e. The summed E-state index contributed by atoms with van der Waals surface area (Å²) >= 11 is 5.64. The lowest BCUT2D eigenvalue weighted by Crippen LogP contribution is -2.08. The van der Waals surface area contributed by atoms with Gasteiger partial charge in [-0.1, -0.05) is 24.9 Å². The minimum Gasteiger partial charge on any atom is -0.478 e. The van der Waals surface area contributed by atoms with Crippen LogP contribution in [-0.2, 0) is 6.42 Å². The fourth-order valence-corrected chi connectivity index (χ4v) is 1.99. The van der Waals surface area contributed by atoms with Crippen molar-refractivity contribution in [2.75, 3.05) is 0 Å². The van der Waals surface area contributed by atoms with Crippen LogP contribution in [0.5, 0.6) is 0 Å². The van der Waals surface area contributed by atoms with Crippen molar-refractivity contribution < 1.29 is 19.7 Å². The number of benzene rings is 1. The van der Waals surface area contributed by atoms with Gasteiger partial charge in [0.2, 0.25) is 0 Å². The second-order valence-corrected chi connectivity index (χ2v) is 4.03. The van der Waals surface area contributed by atoms with Gasteiger partial charge < -0.3 is 5.11 Å². The maximum absolute atomic E-state index is 11.1. The molecule has 0 saturated carbocycles. The summed E-state index contributed by atoms with van der Waals surface area (Å²) in [4.78, 5) is 30.9. The average Bonchev–Trinajstić information content (AvgIpc) is 2.27. The predicted molar refractivity (Wildman–Crippen MR) is 65.7 cm³/mol. The number of nitro groups is 2. The summed E-state index contributed by atoms with van der Waals surface area (Å²) in [6.07, 6.45) is 0.533. The van der Waals surface area contributed by atoms with Crippen molar-refractivity contribution in [3.8, 4) is 0 Å². The van der Waals surface area contributed by atoms with Crippen LogP contribution < -0.4 is 0 Å². The second kappa shape index (κ2) is 5.61.